The molecule has 0 radical (unpaired) electrons. The number of nitrogens with one attached hydrogen (secondary N) is 2. The van der Waals surface area contributed by atoms with Gasteiger partial charge in [0.05, 0.1) is 29.7 Å². The molecule has 2 heterocycles. The summed E-state index contributed by atoms with van der Waals surface area (Å²) in [6.45, 7) is 0.780. The SMILES string of the molecule is C[C@H](NC(=O)C1C=CC(n2[nH]cc(-c3ccc(C#N)cc3)c2=O)=NC1)C(F)(F)F. The molecule has 1 unspecified atom stereocenters. The van der Waals surface area contributed by atoms with Crippen LogP contribution < -0.4 is 10.9 Å². The Morgan fingerprint density at radius 3 is 2.62 bits per heavy atom. The first kappa shape index (κ1) is 20.1. The minimum Gasteiger partial charge on any atom is -0.344 e. The summed E-state index contributed by atoms with van der Waals surface area (Å²) in [4.78, 5) is 28.8. The number of halogens is 3. The molecular formula is C19H16F3N5O2. The molecule has 0 saturated carbocycles. The molecule has 2 aromatic rings. The second-order valence-electron chi connectivity index (χ2n) is 6.45. The lowest BCUT2D eigenvalue weighted by Crippen LogP contribution is -2.46. The standard InChI is InChI=1S/C19H16F3N5O2/c1-11(19(20,21)22)26-17(28)14-6-7-16(24-9-14)27-18(29)15(10-25-27)13-4-2-12(8-23)3-5-13/h2-7,10-11,14,25H,9H2,1H3,(H,26,28)/t11-,14?/m0/s1. The van der Waals surface area contributed by atoms with E-state index in [1.54, 1.807) is 24.3 Å². The van der Waals surface area contributed by atoms with E-state index in [1.165, 1.54) is 23.0 Å². The summed E-state index contributed by atoms with van der Waals surface area (Å²) >= 11 is 0. The summed E-state index contributed by atoms with van der Waals surface area (Å²) in [6, 6.07) is 6.51. The van der Waals surface area contributed by atoms with Crippen LogP contribution in [-0.4, -0.2) is 40.3 Å². The number of dihydropyridines is 1. The van der Waals surface area contributed by atoms with Gasteiger partial charge >= 0.3 is 6.18 Å². The maximum atomic E-state index is 12.6. The maximum Gasteiger partial charge on any atom is 0.408 e. The van der Waals surface area contributed by atoms with Gasteiger partial charge in [0, 0.05) is 6.20 Å². The van der Waals surface area contributed by atoms with Crippen LogP contribution in [0.4, 0.5) is 13.2 Å². The van der Waals surface area contributed by atoms with E-state index in [9.17, 15) is 22.8 Å². The maximum absolute atomic E-state index is 12.6. The summed E-state index contributed by atoms with van der Waals surface area (Å²) in [5, 5.41) is 13.5. The largest absolute Gasteiger partial charge is 0.408 e. The highest BCUT2D eigenvalue weighted by molar-refractivity contribution is 5.97. The van der Waals surface area contributed by atoms with Crippen LogP contribution in [0.3, 0.4) is 0 Å². The molecule has 0 fully saturated rings. The zero-order valence-corrected chi connectivity index (χ0v) is 15.2. The minimum absolute atomic E-state index is 0.0834. The van der Waals surface area contributed by atoms with Crippen molar-refractivity contribution in [3.05, 3.63) is 58.5 Å². The second-order valence-corrected chi connectivity index (χ2v) is 6.45. The minimum atomic E-state index is -4.53. The number of H-pyrrole nitrogens is 1. The van der Waals surface area contributed by atoms with Crippen molar-refractivity contribution in [2.24, 2.45) is 10.9 Å². The number of carbonyl (C=O) groups is 1. The molecule has 0 spiro atoms. The third kappa shape index (κ3) is 4.29. The van der Waals surface area contributed by atoms with Crippen LogP contribution >= 0.6 is 0 Å². The average Bonchev–Trinajstić information content (AvgIpc) is 3.08. The first-order valence-corrected chi connectivity index (χ1v) is 8.62. The van der Waals surface area contributed by atoms with Gasteiger partial charge in [-0.25, -0.2) is 4.68 Å². The van der Waals surface area contributed by atoms with E-state index in [0.29, 0.717) is 16.7 Å². The van der Waals surface area contributed by atoms with Crippen molar-refractivity contribution in [2.75, 3.05) is 6.54 Å². The summed E-state index contributed by atoms with van der Waals surface area (Å²) in [7, 11) is 0. The van der Waals surface area contributed by atoms with Crippen molar-refractivity contribution in [3.63, 3.8) is 0 Å². The van der Waals surface area contributed by atoms with Crippen molar-refractivity contribution >= 4 is 11.7 Å². The first-order chi connectivity index (χ1) is 13.7. The predicted molar refractivity (Wildman–Crippen MR) is 99.2 cm³/mol. The Kier molecular flexibility index (Phi) is 5.41. The van der Waals surface area contributed by atoms with Crippen molar-refractivity contribution in [1.29, 1.82) is 5.26 Å². The molecule has 2 atom stereocenters. The zero-order valence-electron chi connectivity index (χ0n) is 15.2. The van der Waals surface area contributed by atoms with Crippen LogP contribution in [0, 0.1) is 17.2 Å². The quantitative estimate of drug-likeness (QED) is 0.821. The van der Waals surface area contributed by atoms with E-state index >= 15 is 0 Å². The fraction of sp³-hybridized carbons (Fsp3) is 0.263. The topological polar surface area (TPSA) is 103 Å². The van der Waals surface area contributed by atoms with Gasteiger partial charge in [-0.05, 0) is 30.7 Å². The summed E-state index contributed by atoms with van der Waals surface area (Å²) < 4.78 is 38.9. The third-order valence-electron chi connectivity index (χ3n) is 4.44. The van der Waals surface area contributed by atoms with Crippen LogP contribution in [0.1, 0.15) is 12.5 Å². The molecule has 29 heavy (non-hydrogen) atoms. The average molecular weight is 403 g/mol. The third-order valence-corrected chi connectivity index (χ3v) is 4.44. The van der Waals surface area contributed by atoms with E-state index in [-0.39, 0.29) is 17.9 Å². The number of nitrogens with zero attached hydrogens (tertiary/aromatic N) is 3. The van der Waals surface area contributed by atoms with Gasteiger partial charge in [-0.3, -0.25) is 19.7 Å². The van der Waals surface area contributed by atoms with Gasteiger partial charge in [0.15, 0.2) is 0 Å². The molecule has 2 N–H and O–H groups in total. The lowest BCUT2D eigenvalue weighted by atomic mass is 10.1. The van der Waals surface area contributed by atoms with Gasteiger partial charge in [0.25, 0.3) is 5.56 Å². The van der Waals surface area contributed by atoms with E-state index < -0.39 is 24.0 Å². The molecule has 1 aliphatic rings. The van der Waals surface area contributed by atoms with Gasteiger partial charge in [-0.1, -0.05) is 18.2 Å². The molecule has 1 amide bonds. The van der Waals surface area contributed by atoms with Gasteiger partial charge in [0.2, 0.25) is 5.91 Å². The zero-order chi connectivity index (χ0) is 21.2. The molecule has 1 aromatic heterocycles. The molecule has 10 heteroatoms. The van der Waals surface area contributed by atoms with Crippen LogP contribution in [0.25, 0.3) is 11.1 Å². The number of aliphatic imine (C=N–C) groups is 1. The summed E-state index contributed by atoms with van der Waals surface area (Å²) in [5.74, 6) is -1.40. The van der Waals surface area contributed by atoms with Gasteiger partial charge in [0.1, 0.15) is 11.9 Å². The van der Waals surface area contributed by atoms with Crippen LogP contribution in [0.15, 0.2) is 52.4 Å². The van der Waals surface area contributed by atoms with Crippen LogP contribution in [-0.2, 0) is 4.79 Å². The van der Waals surface area contributed by atoms with E-state index in [2.05, 4.69) is 10.1 Å². The number of amides is 1. The number of hydrogen-bond acceptors (Lipinski definition) is 4. The predicted octanol–water partition coefficient (Wildman–Crippen LogP) is 2.21. The van der Waals surface area contributed by atoms with Crippen molar-refractivity contribution in [3.8, 4) is 17.2 Å². The molecule has 7 nitrogen and oxygen atoms in total. The Labute approximate surface area is 163 Å². The Morgan fingerprint density at radius 1 is 1.38 bits per heavy atom. The van der Waals surface area contributed by atoms with Gasteiger partial charge < -0.3 is 5.32 Å². The van der Waals surface area contributed by atoms with E-state index in [0.717, 1.165) is 6.92 Å². The fourth-order valence-corrected chi connectivity index (χ4v) is 2.70. The Bertz CT molecular complexity index is 1070. The van der Waals surface area contributed by atoms with E-state index in [4.69, 9.17) is 5.26 Å². The first-order valence-electron chi connectivity index (χ1n) is 8.62. The van der Waals surface area contributed by atoms with Crippen molar-refractivity contribution in [1.82, 2.24) is 15.1 Å². The van der Waals surface area contributed by atoms with Crippen LogP contribution in [0.5, 0.6) is 0 Å². The fourth-order valence-electron chi connectivity index (χ4n) is 2.70. The molecule has 0 saturated heterocycles. The highest BCUT2D eigenvalue weighted by Gasteiger charge is 2.38. The smallest absolute Gasteiger partial charge is 0.344 e. The van der Waals surface area contributed by atoms with Gasteiger partial charge in [-0.2, -0.15) is 18.4 Å². The normalized spacial score (nSPS) is 17.3. The molecule has 0 bridgehead atoms. The van der Waals surface area contributed by atoms with Crippen molar-refractivity contribution < 1.29 is 18.0 Å². The molecule has 0 aliphatic carbocycles. The van der Waals surface area contributed by atoms with Crippen LogP contribution in [0.2, 0.25) is 0 Å². The monoisotopic (exact) mass is 403 g/mol. The number of alkyl halides is 3. The highest BCUT2D eigenvalue weighted by atomic mass is 19.4. The number of hydrogen-bond donors (Lipinski definition) is 2. The number of carbonyl (C=O) groups excluding carboxylic acids is 1. The number of aromatic nitrogens is 2. The number of benzene rings is 1. The number of aromatic amines is 1. The lowest BCUT2D eigenvalue weighted by molar-refractivity contribution is -0.158. The summed E-state index contributed by atoms with van der Waals surface area (Å²) in [5.41, 5.74) is 1.06. The molecule has 150 valence electrons. The van der Waals surface area contributed by atoms with Gasteiger partial charge in [-0.15, -0.1) is 0 Å². The number of nitriles is 1. The molecule has 1 aliphatic heterocycles. The molecular weight excluding hydrogens is 387 g/mol. The Morgan fingerprint density at radius 2 is 2.07 bits per heavy atom. The second kappa shape index (κ2) is 7.79. The number of rotatable bonds is 3. The van der Waals surface area contributed by atoms with E-state index in [1.807, 2.05) is 11.4 Å². The molecule has 3 rings (SSSR count). The molecule has 1 aromatic carbocycles. The van der Waals surface area contributed by atoms with Crippen molar-refractivity contribution in [2.45, 2.75) is 19.1 Å². The summed E-state index contributed by atoms with van der Waals surface area (Å²) in [6.07, 6.45) is -0.215. The number of allylic oxidation sites excluding steroid dienone is 1. The highest BCUT2D eigenvalue weighted by Crippen LogP contribution is 2.20. The Hall–Kier alpha value is -3.61. The lowest BCUT2D eigenvalue weighted by Gasteiger charge is -2.21. The Balaban J connectivity index is 1.73.